The van der Waals surface area contributed by atoms with Crippen LogP contribution in [0.5, 0.6) is 11.5 Å². The highest BCUT2D eigenvalue weighted by molar-refractivity contribution is 6.01. The number of piperidine rings is 1. The van der Waals surface area contributed by atoms with Crippen molar-refractivity contribution in [3.05, 3.63) is 18.2 Å². The Morgan fingerprint density at radius 3 is 2.38 bits per heavy atom. The summed E-state index contributed by atoms with van der Waals surface area (Å²) >= 11 is 0. The van der Waals surface area contributed by atoms with Crippen molar-refractivity contribution in [2.45, 2.75) is 26.7 Å². The molecule has 3 atom stereocenters. The monoisotopic (exact) mass is 360 g/mol. The van der Waals surface area contributed by atoms with Gasteiger partial charge in [-0.3, -0.25) is 9.59 Å². The van der Waals surface area contributed by atoms with Crippen LogP contribution < -0.4 is 14.4 Å². The molecule has 3 rings (SSSR count). The zero-order chi connectivity index (χ0) is 18.8. The van der Waals surface area contributed by atoms with E-state index in [9.17, 15) is 9.59 Å². The summed E-state index contributed by atoms with van der Waals surface area (Å²) in [6.07, 6.45) is 1.40. The van der Waals surface area contributed by atoms with Crippen molar-refractivity contribution in [1.29, 1.82) is 0 Å². The number of methoxy groups -OCH3 is 2. The van der Waals surface area contributed by atoms with Crippen LogP contribution in [-0.4, -0.2) is 50.6 Å². The average molecular weight is 360 g/mol. The summed E-state index contributed by atoms with van der Waals surface area (Å²) in [5.41, 5.74) is 0.660. The molecule has 142 valence electrons. The highest BCUT2D eigenvalue weighted by Gasteiger charge is 2.39. The Kier molecular flexibility index (Phi) is 5.39. The second kappa shape index (κ2) is 7.56. The molecule has 0 aliphatic carbocycles. The summed E-state index contributed by atoms with van der Waals surface area (Å²) in [5.74, 6) is 2.03. The molecule has 1 aromatic rings. The Balaban J connectivity index is 1.77. The lowest BCUT2D eigenvalue weighted by Crippen LogP contribution is -2.45. The third-order valence-electron chi connectivity index (χ3n) is 5.33. The minimum absolute atomic E-state index is 0.0481. The molecule has 2 aliphatic rings. The van der Waals surface area contributed by atoms with Crippen molar-refractivity contribution in [2.24, 2.45) is 17.8 Å². The predicted octanol–water partition coefficient (Wildman–Crippen LogP) is 2.56. The Bertz CT molecular complexity index is 680. The molecule has 2 fully saturated rings. The predicted molar refractivity (Wildman–Crippen MR) is 99.5 cm³/mol. The topological polar surface area (TPSA) is 59.1 Å². The first-order valence-electron chi connectivity index (χ1n) is 9.24. The van der Waals surface area contributed by atoms with Crippen LogP contribution in [0.15, 0.2) is 18.2 Å². The first-order chi connectivity index (χ1) is 12.4. The highest BCUT2D eigenvalue weighted by Crippen LogP contribution is 2.36. The van der Waals surface area contributed by atoms with Crippen LogP contribution in [-0.2, 0) is 9.59 Å². The lowest BCUT2D eigenvalue weighted by molar-refractivity contribution is -0.138. The van der Waals surface area contributed by atoms with Gasteiger partial charge in [0.15, 0.2) is 0 Å². The van der Waals surface area contributed by atoms with Gasteiger partial charge in [0.05, 0.1) is 25.8 Å². The molecule has 0 spiro atoms. The van der Waals surface area contributed by atoms with Crippen LogP contribution >= 0.6 is 0 Å². The van der Waals surface area contributed by atoms with Crippen molar-refractivity contribution in [3.8, 4) is 11.5 Å². The Morgan fingerprint density at radius 1 is 1.08 bits per heavy atom. The SMILES string of the molecule is COc1ccc(OC)c(N2C[C@H](C(=O)N3C[C@@H](C)C[C@H](C)C3)CC2=O)c1. The van der Waals surface area contributed by atoms with Crippen LogP contribution in [0.2, 0.25) is 0 Å². The third-order valence-corrected chi connectivity index (χ3v) is 5.33. The fourth-order valence-electron chi connectivity index (χ4n) is 4.21. The van der Waals surface area contributed by atoms with E-state index in [4.69, 9.17) is 9.47 Å². The van der Waals surface area contributed by atoms with Crippen LogP contribution in [0, 0.1) is 17.8 Å². The summed E-state index contributed by atoms with van der Waals surface area (Å²) in [7, 11) is 3.16. The number of hydrogen-bond acceptors (Lipinski definition) is 4. The number of carbonyl (C=O) groups excluding carboxylic acids is 2. The molecule has 6 heteroatoms. The van der Waals surface area contributed by atoms with Crippen molar-refractivity contribution in [2.75, 3.05) is 38.8 Å². The van der Waals surface area contributed by atoms with E-state index >= 15 is 0 Å². The normalized spacial score (nSPS) is 26.2. The largest absolute Gasteiger partial charge is 0.497 e. The van der Waals surface area contributed by atoms with Crippen LogP contribution in [0.4, 0.5) is 5.69 Å². The van der Waals surface area contributed by atoms with Gasteiger partial charge in [0.2, 0.25) is 11.8 Å². The molecule has 26 heavy (non-hydrogen) atoms. The molecule has 2 amide bonds. The van der Waals surface area contributed by atoms with Gasteiger partial charge in [0, 0.05) is 32.1 Å². The standard InChI is InChI=1S/C20H28N2O4/c1-13-7-14(2)11-21(10-13)20(24)15-8-19(23)22(12-15)17-9-16(25-3)5-6-18(17)26-4/h5-6,9,13-15H,7-8,10-12H2,1-4H3/t13-,14-,15+/m0/s1. The van der Waals surface area contributed by atoms with Gasteiger partial charge >= 0.3 is 0 Å². The first kappa shape index (κ1) is 18.5. The zero-order valence-corrected chi connectivity index (χ0v) is 16.0. The zero-order valence-electron chi connectivity index (χ0n) is 16.0. The van der Waals surface area contributed by atoms with E-state index in [1.54, 1.807) is 37.3 Å². The van der Waals surface area contributed by atoms with Gasteiger partial charge in [0.1, 0.15) is 11.5 Å². The second-order valence-corrected chi connectivity index (χ2v) is 7.63. The number of amides is 2. The van der Waals surface area contributed by atoms with E-state index in [0.717, 1.165) is 19.5 Å². The molecule has 2 aliphatic heterocycles. The number of anilines is 1. The van der Waals surface area contributed by atoms with E-state index in [0.29, 0.717) is 35.6 Å². The summed E-state index contributed by atoms with van der Waals surface area (Å²) in [4.78, 5) is 29.2. The lowest BCUT2D eigenvalue weighted by atomic mass is 9.91. The van der Waals surface area contributed by atoms with Crippen molar-refractivity contribution < 1.29 is 19.1 Å². The Morgan fingerprint density at radius 2 is 1.77 bits per heavy atom. The van der Waals surface area contributed by atoms with E-state index in [-0.39, 0.29) is 24.2 Å². The minimum Gasteiger partial charge on any atom is -0.497 e. The summed E-state index contributed by atoms with van der Waals surface area (Å²) in [5, 5.41) is 0. The number of likely N-dealkylation sites (tertiary alicyclic amines) is 1. The molecule has 0 unspecified atom stereocenters. The number of benzene rings is 1. The molecule has 2 heterocycles. The molecular weight excluding hydrogens is 332 g/mol. The Labute approximate surface area is 155 Å². The smallest absolute Gasteiger partial charge is 0.228 e. The molecule has 2 saturated heterocycles. The van der Waals surface area contributed by atoms with Gasteiger partial charge in [-0.1, -0.05) is 13.8 Å². The van der Waals surface area contributed by atoms with Crippen molar-refractivity contribution >= 4 is 17.5 Å². The second-order valence-electron chi connectivity index (χ2n) is 7.63. The first-order valence-corrected chi connectivity index (χ1v) is 9.24. The third kappa shape index (κ3) is 3.64. The van der Waals surface area contributed by atoms with Gasteiger partial charge in [-0.25, -0.2) is 0 Å². The van der Waals surface area contributed by atoms with Gasteiger partial charge in [-0.15, -0.1) is 0 Å². The van der Waals surface area contributed by atoms with Gasteiger partial charge in [-0.2, -0.15) is 0 Å². The van der Waals surface area contributed by atoms with Gasteiger partial charge < -0.3 is 19.3 Å². The average Bonchev–Trinajstić information content (AvgIpc) is 3.01. The van der Waals surface area contributed by atoms with Crippen LogP contribution in [0.3, 0.4) is 0 Å². The molecule has 0 bridgehead atoms. The van der Waals surface area contributed by atoms with E-state index in [1.807, 2.05) is 4.90 Å². The molecule has 0 radical (unpaired) electrons. The number of carbonyl (C=O) groups is 2. The number of nitrogens with zero attached hydrogens (tertiary/aromatic N) is 2. The summed E-state index contributed by atoms with van der Waals surface area (Å²) in [6.45, 7) is 6.33. The molecule has 0 aromatic heterocycles. The lowest BCUT2D eigenvalue weighted by Gasteiger charge is -2.36. The number of ether oxygens (including phenoxy) is 2. The molecule has 1 aromatic carbocycles. The van der Waals surface area contributed by atoms with E-state index < -0.39 is 0 Å². The van der Waals surface area contributed by atoms with E-state index in [2.05, 4.69) is 13.8 Å². The molecule has 6 nitrogen and oxygen atoms in total. The van der Waals surface area contributed by atoms with Gasteiger partial charge in [-0.05, 0) is 30.4 Å². The maximum atomic E-state index is 13.0. The molecule has 0 N–H and O–H groups in total. The van der Waals surface area contributed by atoms with Crippen LogP contribution in [0.25, 0.3) is 0 Å². The molecular formula is C20H28N2O4. The highest BCUT2D eigenvalue weighted by atomic mass is 16.5. The van der Waals surface area contributed by atoms with E-state index in [1.165, 1.54) is 0 Å². The van der Waals surface area contributed by atoms with Crippen molar-refractivity contribution in [3.63, 3.8) is 0 Å². The van der Waals surface area contributed by atoms with Crippen LogP contribution in [0.1, 0.15) is 26.7 Å². The number of rotatable bonds is 4. The fraction of sp³-hybridized carbons (Fsp3) is 0.600. The fourth-order valence-corrected chi connectivity index (χ4v) is 4.21. The summed E-state index contributed by atoms with van der Waals surface area (Å²) < 4.78 is 10.7. The summed E-state index contributed by atoms with van der Waals surface area (Å²) in [6, 6.07) is 5.36. The molecule has 0 saturated carbocycles. The maximum absolute atomic E-state index is 13.0. The quantitative estimate of drug-likeness (QED) is 0.828. The van der Waals surface area contributed by atoms with Crippen molar-refractivity contribution in [1.82, 2.24) is 4.90 Å². The Hall–Kier alpha value is -2.24. The van der Waals surface area contributed by atoms with Gasteiger partial charge in [0.25, 0.3) is 0 Å². The number of hydrogen-bond donors (Lipinski definition) is 0. The minimum atomic E-state index is -0.295. The maximum Gasteiger partial charge on any atom is 0.228 e.